The second-order valence-electron chi connectivity index (χ2n) is 8.42. The van der Waals surface area contributed by atoms with E-state index in [2.05, 4.69) is 5.32 Å². The number of nitrogens with zero attached hydrogens (tertiary/aromatic N) is 2. The Balaban J connectivity index is 2.41. The van der Waals surface area contributed by atoms with Crippen LogP contribution in [-0.2, 0) is 26.2 Å². The van der Waals surface area contributed by atoms with E-state index in [-0.39, 0.29) is 12.5 Å². The van der Waals surface area contributed by atoms with Crippen LogP contribution in [0.15, 0.2) is 42.5 Å². The molecule has 34 heavy (non-hydrogen) atoms. The lowest BCUT2D eigenvalue weighted by atomic mass is 10.1. The number of rotatable bonds is 11. The van der Waals surface area contributed by atoms with E-state index in [4.69, 9.17) is 11.6 Å². The van der Waals surface area contributed by atoms with Crippen molar-refractivity contribution in [2.24, 2.45) is 0 Å². The third kappa shape index (κ3) is 7.21. The van der Waals surface area contributed by atoms with Gasteiger partial charge in [0.25, 0.3) is 0 Å². The Bertz CT molecular complexity index is 1120. The molecule has 0 aliphatic carbocycles. The fraction of sp³-hybridized carbons (Fsp3) is 0.440. The van der Waals surface area contributed by atoms with Crippen molar-refractivity contribution in [3.05, 3.63) is 64.2 Å². The first-order valence-corrected chi connectivity index (χ1v) is 13.5. The lowest BCUT2D eigenvalue weighted by Crippen LogP contribution is -2.51. The van der Waals surface area contributed by atoms with Crippen molar-refractivity contribution in [1.29, 1.82) is 0 Å². The van der Waals surface area contributed by atoms with Crippen LogP contribution < -0.4 is 9.62 Å². The molecule has 0 fully saturated rings. The zero-order chi connectivity index (χ0) is 25.5. The highest BCUT2D eigenvalue weighted by Gasteiger charge is 2.30. The molecule has 0 unspecified atom stereocenters. The molecule has 0 radical (unpaired) electrons. The number of carbonyl (C=O) groups excluding carboxylic acids is 2. The molecule has 0 spiro atoms. The molecule has 2 amide bonds. The summed E-state index contributed by atoms with van der Waals surface area (Å²) in [4.78, 5) is 27.8. The average Bonchev–Trinajstić information content (AvgIpc) is 2.77. The van der Waals surface area contributed by atoms with Gasteiger partial charge >= 0.3 is 0 Å². The van der Waals surface area contributed by atoms with Crippen LogP contribution in [0.3, 0.4) is 0 Å². The Kier molecular flexibility index (Phi) is 9.94. The van der Waals surface area contributed by atoms with Gasteiger partial charge in [-0.25, -0.2) is 8.42 Å². The van der Waals surface area contributed by atoms with E-state index in [0.717, 1.165) is 34.5 Å². The monoisotopic (exact) mass is 507 g/mol. The zero-order valence-corrected chi connectivity index (χ0v) is 22.0. The number of carbonyl (C=O) groups is 2. The van der Waals surface area contributed by atoms with Crippen LogP contribution in [0.2, 0.25) is 5.02 Å². The van der Waals surface area contributed by atoms with Crippen LogP contribution in [0.25, 0.3) is 0 Å². The molecule has 2 aromatic carbocycles. The van der Waals surface area contributed by atoms with Crippen molar-refractivity contribution in [2.75, 3.05) is 23.7 Å². The Morgan fingerprint density at radius 2 is 1.76 bits per heavy atom. The molecule has 0 saturated carbocycles. The Labute approximate surface area is 208 Å². The Morgan fingerprint density at radius 1 is 1.09 bits per heavy atom. The molecule has 9 heteroatoms. The van der Waals surface area contributed by atoms with Gasteiger partial charge in [0.2, 0.25) is 21.8 Å². The first kappa shape index (κ1) is 27.7. The highest BCUT2D eigenvalue weighted by molar-refractivity contribution is 7.92. The number of sulfonamides is 1. The van der Waals surface area contributed by atoms with Crippen molar-refractivity contribution in [3.8, 4) is 0 Å². The van der Waals surface area contributed by atoms with Crippen LogP contribution in [0.4, 0.5) is 5.69 Å². The van der Waals surface area contributed by atoms with Gasteiger partial charge in [-0.3, -0.25) is 13.9 Å². The fourth-order valence-corrected chi connectivity index (χ4v) is 4.62. The van der Waals surface area contributed by atoms with E-state index in [9.17, 15) is 18.0 Å². The van der Waals surface area contributed by atoms with Gasteiger partial charge in [0.05, 0.1) is 11.9 Å². The zero-order valence-electron chi connectivity index (χ0n) is 20.5. The summed E-state index contributed by atoms with van der Waals surface area (Å²) >= 11 is 6.33. The minimum Gasteiger partial charge on any atom is -0.354 e. The molecule has 2 aromatic rings. The fourth-order valence-electron chi connectivity index (χ4n) is 3.53. The third-order valence-corrected chi connectivity index (χ3v) is 7.31. The standard InChI is InChI=1S/C25H34ClN3O4S/c1-6-7-15-27-25(31)20(4)28(16-21-12-8-9-13-22(21)26)24(30)17-29(34(5,32)33)23-14-10-11-18(2)19(23)3/h8-14,20H,6-7,15-17H2,1-5H3,(H,27,31)/t20-/m0/s1. The molecular weight excluding hydrogens is 474 g/mol. The van der Waals surface area contributed by atoms with Gasteiger partial charge < -0.3 is 10.2 Å². The lowest BCUT2D eigenvalue weighted by Gasteiger charge is -2.32. The van der Waals surface area contributed by atoms with Crippen molar-refractivity contribution in [2.45, 2.75) is 53.1 Å². The molecule has 0 aliphatic rings. The number of hydrogen-bond acceptors (Lipinski definition) is 4. The molecule has 0 bridgehead atoms. The van der Waals surface area contributed by atoms with Gasteiger partial charge in [0, 0.05) is 18.1 Å². The molecule has 0 heterocycles. The summed E-state index contributed by atoms with van der Waals surface area (Å²) in [5, 5.41) is 3.32. The van der Waals surface area contributed by atoms with E-state index in [0.29, 0.717) is 22.8 Å². The van der Waals surface area contributed by atoms with Crippen molar-refractivity contribution >= 4 is 39.1 Å². The average molecular weight is 508 g/mol. The topological polar surface area (TPSA) is 86.8 Å². The summed E-state index contributed by atoms with van der Waals surface area (Å²) in [6, 6.07) is 11.6. The van der Waals surface area contributed by atoms with Gasteiger partial charge in [0.1, 0.15) is 12.6 Å². The number of amides is 2. The second kappa shape index (κ2) is 12.2. The maximum atomic E-state index is 13.6. The highest BCUT2D eigenvalue weighted by Crippen LogP contribution is 2.26. The van der Waals surface area contributed by atoms with Crippen LogP contribution in [0, 0.1) is 13.8 Å². The molecular formula is C25H34ClN3O4S. The van der Waals surface area contributed by atoms with Gasteiger partial charge in [0.15, 0.2) is 0 Å². The molecule has 0 aromatic heterocycles. The molecule has 0 saturated heterocycles. The molecule has 1 atom stereocenters. The molecule has 0 aliphatic heterocycles. The van der Waals surface area contributed by atoms with Gasteiger partial charge in [-0.2, -0.15) is 0 Å². The van der Waals surface area contributed by atoms with Crippen molar-refractivity contribution in [3.63, 3.8) is 0 Å². The predicted octanol–water partition coefficient (Wildman–Crippen LogP) is 4.06. The predicted molar refractivity (Wildman–Crippen MR) is 137 cm³/mol. The first-order valence-electron chi connectivity index (χ1n) is 11.3. The minimum absolute atomic E-state index is 0.0747. The number of hydrogen-bond donors (Lipinski definition) is 1. The molecule has 1 N–H and O–H groups in total. The summed E-state index contributed by atoms with van der Waals surface area (Å²) in [6.45, 7) is 7.51. The van der Waals surface area contributed by atoms with Crippen LogP contribution in [0.5, 0.6) is 0 Å². The number of halogens is 1. The van der Waals surface area contributed by atoms with E-state index < -0.39 is 28.5 Å². The Morgan fingerprint density at radius 3 is 2.38 bits per heavy atom. The van der Waals surface area contributed by atoms with Gasteiger partial charge in [-0.05, 0) is 56.0 Å². The summed E-state index contributed by atoms with van der Waals surface area (Å²) in [5.41, 5.74) is 2.79. The normalized spacial score (nSPS) is 12.2. The smallest absolute Gasteiger partial charge is 0.244 e. The van der Waals surface area contributed by atoms with Crippen LogP contribution in [-0.4, -0.2) is 50.5 Å². The van der Waals surface area contributed by atoms with Crippen molar-refractivity contribution < 1.29 is 18.0 Å². The number of unbranched alkanes of at least 4 members (excludes halogenated alkanes) is 1. The largest absolute Gasteiger partial charge is 0.354 e. The quantitative estimate of drug-likeness (QED) is 0.465. The number of aryl methyl sites for hydroxylation is 1. The lowest BCUT2D eigenvalue weighted by molar-refractivity contribution is -0.139. The summed E-state index contributed by atoms with van der Waals surface area (Å²) in [7, 11) is -3.77. The van der Waals surface area contributed by atoms with Gasteiger partial charge in [-0.1, -0.05) is 55.3 Å². The highest BCUT2D eigenvalue weighted by atomic mass is 35.5. The number of benzene rings is 2. The number of anilines is 1. The summed E-state index contributed by atoms with van der Waals surface area (Å²) < 4.78 is 26.5. The van der Waals surface area contributed by atoms with E-state index in [1.807, 2.05) is 26.8 Å². The van der Waals surface area contributed by atoms with Crippen molar-refractivity contribution in [1.82, 2.24) is 10.2 Å². The maximum Gasteiger partial charge on any atom is 0.244 e. The molecule has 186 valence electrons. The molecule has 7 nitrogen and oxygen atoms in total. The summed E-state index contributed by atoms with van der Waals surface area (Å²) in [6.07, 6.45) is 2.82. The minimum atomic E-state index is -3.77. The summed E-state index contributed by atoms with van der Waals surface area (Å²) in [5.74, 6) is -0.795. The van der Waals surface area contributed by atoms with Crippen LogP contribution in [0.1, 0.15) is 43.4 Å². The number of nitrogens with one attached hydrogen (secondary N) is 1. The maximum absolute atomic E-state index is 13.6. The third-order valence-electron chi connectivity index (χ3n) is 5.82. The SMILES string of the molecule is CCCCNC(=O)[C@H](C)N(Cc1ccccc1Cl)C(=O)CN(c1cccc(C)c1C)S(C)(=O)=O. The van der Waals surface area contributed by atoms with Crippen LogP contribution >= 0.6 is 11.6 Å². The van der Waals surface area contributed by atoms with E-state index >= 15 is 0 Å². The second-order valence-corrected chi connectivity index (χ2v) is 10.7. The van der Waals surface area contributed by atoms with Gasteiger partial charge in [-0.15, -0.1) is 0 Å². The first-order chi connectivity index (χ1) is 16.0. The van der Waals surface area contributed by atoms with E-state index in [1.54, 1.807) is 43.3 Å². The van der Waals surface area contributed by atoms with E-state index in [1.165, 1.54) is 4.90 Å². The Hall–Kier alpha value is -2.58. The molecule has 2 rings (SSSR count).